The van der Waals surface area contributed by atoms with Crippen molar-refractivity contribution in [3.05, 3.63) is 23.3 Å². The van der Waals surface area contributed by atoms with E-state index in [1.54, 1.807) is 11.1 Å². The van der Waals surface area contributed by atoms with E-state index in [0.29, 0.717) is 11.3 Å². The van der Waals surface area contributed by atoms with Gasteiger partial charge in [-0.3, -0.25) is 0 Å². The lowest BCUT2D eigenvalue weighted by molar-refractivity contribution is -0.0834. The van der Waals surface area contributed by atoms with Crippen LogP contribution in [-0.2, 0) is 0 Å². The van der Waals surface area contributed by atoms with Crippen LogP contribution in [0.25, 0.3) is 0 Å². The van der Waals surface area contributed by atoms with Gasteiger partial charge in [-0.25, -0.2) is 0 Å². The first-order chi connectivity index (χ1) is 14.0. The molecule has 7 atom stereocenters. The molecule has 1 N–H and O–H groups in total. The van der Waals surface area contributed by atoms with Crippen LogP contribution in [0.5, 0.6) is 0 Å². The zero-order valence-electron chi connectivity index (χ0n) is 20.9. The molecule has 0 bridgehead atoms. The van der Waals surface area contributed by atoms with Crippen LogP contribution in [-0.4, -0.2) is 11.2 Å². The van der Waals surface area contributed by atoms with E-state index in [-0.39, 0.29) is 16.9 Å². The molecule has 4 aliphatic carbocycles. The highest BCUT2D eigenvalue weighted by molar-refractivity contribution is 5.47. The van der Waals surface area contributed by atoms with Gasteiger partial charge in [-0.2, -0.15) is 0 Å². The van der Waals surface area contributed by atoms with Crippen LogP contribution in [0.15, 0.2) is 23.3 Å². The molecule has 0 aromatic carbocycles. The summed E-state index contributed by atoms with van der Waals surface area (Å²) in [6, 6.07) is 0. The average Bonchev–Trinajstić information content (AvgIpc) is 3.02. The summed E-state index contributed by atoms with van der Waals surface area (Å²) in [4.78, 5) is 0. The molecule has 2 saturated carbocycles. The number of hydrogen-bond donors (Lipinski definition) is 1. The van der Waals surface area contributed by atoms with E-state index in [9.17, 15) is 5.11 Å². The molecule has 0 aromatic rings. The molecule has 0 heterocycles. The standard InChI is InChI=1S/C29H48O/c1-19(2)9-8-10-20(3)22-12-13-23-21-11-14-25-27(4,5)26(30)16-18-29(25,7)24(21)15-17-28(22,23)6/h11,15,19-20,22-23,25-26,30H,8-10,12-14,16-18H2,1-7H3. The fraction of sp³-hybridized carbons (Fsp3) is 0.862. The van der Waals surface area contributed by atoms with Gasteiger partial charge in [-0.1, -0.05) is 79.9 Å². The summed E-state index contributed by atoms with van der Waals surface area (Å²) in [6.07, 6.45) is 16.7. The van der Waals surface area contributed by atoms with Gasteiger partial charge >= 0.3 is 0 Å². The molecule has 1 nitrogen and oxygen atoms in total. The van der Waals surface area contributed by atoms with Gasteiger partial charge in [0.2, 0.25) is 0 Å². The lowest BCUT2D eigenvalue weighted by Crippen LogP contribution is -2.53. The van der Waals surface area contributed by atoms with Crippen molar-refractivity contribution >= 4 is 0 Å². The number of fused-ring (bicyclic) bond motifs is 5. The molecule has 0 radical (unpaired) electrons. The van der Waals surface area contributed by atoms with Crippen LogP contribution < -0.4 is 0 Å². The first kappa shape index (κ1) is 22.6. The summed E-state index contributed by atoms with van der Waals surface area (Å²) >= 11 is 0. The van der Waals surface area contributed by atoms with E-state index in [1.807, 2.05) is 0 Å². The number of aliphatic hydroxyl groups is 1. The van der Waals surface area contributed by atoms with E-state index in [2.05, 4.69) is 60.6 Å². The fourth-order valence-corrected chi connectivity index (χ4v) is 8.66. The van der Waals surface area contributed by atoms with Crippen LogP contribution >= 0.6 is 0 Å². The highest BCUT2D eigenvalue weighted by atomic mass is 16.3. The van der Waals surface area contributed by atoms with Crippen LogP contribution in [0, 0.1) is 45.8 Å². The van der Waals surface area contributed by atoms with Crippen molar-refractivity contribution in [2.45, 2.75) is 112 Å². The van der Waals surface area contributed by atoms with Crippen molar-refractivity contribution in [2.24, 2.45) is 45.8 Å². The van der Waals surface area contributed by atoms with Gasteiger partial charge in [-0.05, 0) is 95.5 Å². The molecular formula is C29H48O. The van der Waals surface area contributed by atoms with Crippen LogP contribution in [0.4, 0.5) is 0 Å². The minimum Gasteiger partial charge on any atom is -0.393 e. The Morgan fingerprint density at radius 3 is 2.43 bits per heavy atom. The summed E-state index contributed by atoms with van der Waals surface area (Å²) in [7, 11) is 0. The van der Waals surface area contributed by atoms with E-state index < -0.39 is 0 Å². The third kappa shape index (κ3) is 3.37. The Morgan fingerprint density at radius 2 is 1.73 bits per heavy atom. The zero-order chi connectivity index (χ0) is 21.9. The molecule has 4 aliphatic rings. The molecular weight excluding hydrogens is 364 g/mol. The van der Waals surface area contributed by atoms with Gasteiger partial charge in [0.05, 0.1) is 6.10 Å². The zero-order valence-corrected chi connectivity index (χ0v) is 20.9. The van der Waals surface area contributed by atoms with E-state index >= 15 is 0 Å². The maximum absolute atomic E-state index is 10.7. The van der Waals surface area contributed by atoms with Gasteiger partial charge < -0.3 is 5.11 Å². The second-order valence-electron chi connectivity index (χ2n) is 13.1. The summed E-state index contributed by atoms with van der Waals surface area (Å²) in [5.74, 6) is 3.90. The van der Waals surface area contributed by atoms with E-state index in [4.69, 9.17) is 0 Å². The normalized spacial score (nSPS) is 43.4. The van der Waals surface area contributed by atoms with Crippen LogP contribution in [0.2, 0.25) is 0 Å². The minimum absolute atomic E-state index is 0.0137. The number of allylic oxidation sites excluding steroid dienone is 4. The van der Waals surface area contributed by atoms with Crippen LogP contribution in [0.3, 0.4) is 0 Å². The molecule has 0 saturated heterocycles. The Balaban J connectivity index is 1.58. The number of rotatable bonds is 5. The van der Waals surface area contributed by atoms with E-state index in [1.165, 1.54) is 38.5 Å². The molecule has 170 valence electrons. The topological polar surface area (TPSA) is 20.2 Å². The Morgan fingerprint density at radius 1 is 1.00 bits per heavy atom. The number of hydrogen-bond acceptors (Lipinski definition) is 1. The lowest BCUT2D eigenvalue weighted by Gasteiger charge is -2.58. The predicted octanol–water partition coefficient (Wildman–Crippen LogP) is 7.94. The maximum atomic E-state index is 10.7. The highest BCUT2D eigenvalue weighted by Gasteiger charge is 2.58. The molecule has 0 aliphatic heterocycles. The van der Waals surface area contributed by atoms with Gasteiger partial charge in [-0.15, -0.1) is 0 Å². The predicted molar refractivity (Wildman–Crippen MR) is 128 cm³/mol. The highest BCUT2D eigenvalue weighted by Crippen LogP contribution is 2.67. The van der Waals surface area contributed by atoms with Gasteiger partial charge in [0.25, 0.3) is 0 Å². The van der Waals surface area contributed by atoms with Gasteiger partial charge in [0, 0.05) is 0 Å². The SMILES string of the molecule is CC(C)CCCC(C)C1CCC2C3=CCC4C(C)(CCC(O)C4(C)C)C3=CCC21C. The lowest BCUT2D eigenvalue weighted by atomic mass is 9.46. The monoisotopic (exact) mass is 412 g/mol. The van der Waals surface area contributed by atoms with Crippen molar-refractivity contribution in [1.29, 1.82) is 0 Å². The minimum atomic E-state index is -0.150. The fourth-order valence-electron chi connectivity index (χ4n) is 8.66. The molecule has 30 heavy (non-hydrogen) atoms. The second-order valence-corrected chi connectivity index (χ2v) is 13.1. The van der Waals surface area contributed by atoms with Crippen molar-refractivity contribution in [3.8, 4) is 0 Å². The van der Waals surface area contributed by atoms with Crippen LogP contribution in [0.1, 0.15) is 106 Å². The molecule has 4 rings (SSSR count). The Labute approximate surface area is 186 Å². The van der Waals surface area contributed by atoms with Crippen molar-refractivity contribution in [3.63, 3.8) is 0 Å². The molecule has 0 spiro atoms. The average molecular weight is 413 g/mol. The maximum Gasteiger partial charge on any atom is 0.0594 e. The Bertz CT molecular complexity index is 712. The molecule has 2 fully saturated rings. The van der Waals surface area contributed by atoms with E-state index in [0.717, 1.165) is 42.9 Å². The third-order valence-corrected chi connectivity index (χ3v) is 10.6. The third-order valence-electron chi connectivity index (χ3n) is 10.6. The first-order valence-electron chi connectivity index (χ1n) is 13.1. The summed E-state index contributed by atoms with van der Waals surface area (Å²) in [5, 5.41) is 10.7. The summed E-state index contributed by atoms with van der Waals surface area (Å²) < 4.78 is 0. The quantitative estimate of drug-likeness (QED) is 0.486. The largest absolute Gasteiger partial charge is 0.393 e. The van der Waals surface area contributed by atoms with Crippen molar-refractivity contribution in [2.75, 3.05) is 0 Å². The number of aliphatic hydroxyl groups excluding tert-OH is 1. The summed E-state index contributed by atoms with van der Waals surface area (Å²) in [5.41, 5.74) is 4.15. The molecule has 0 aromatic heterocycles. The Hall–Kier alpha value is -0.560. The first-order valence-corrected chi connectivity index (χ1v) is 13.1. The molecule has 7 unspecified atom stereocenters. The smallest absolute Gasteiger partial charge is 0.0594 e. The molecule has 0 amide bonds. The summed E-state index contributed by atoms with van der Waals surface area (Å²) in [6.45, 7) is 17.1. The molecule has 1 heteroatoms. The van der Waals surface area contributed by atoms with Crippen molar-refractivity contribution in [1.82, 2.24) is 0 Å². The van der Waals surface area contributed by atoms with Gasteiger partial charge in [0.15, 0.2) is 0 Å². The van der Waals surface area contributed by atoms with Gasteiger partial charge in [0.1, 0.15) is 0 Å². The Kier molecular flexibility index (Phi) is 5.87. The van der Waals surface area contributed by atoms with Crippen molar-refractivity contribution < 1.29 is 5.11 Å². The second kappa shape index (κ2) is 7.79.